The van der Waals surface area contributed by atoms with E-state index in [1.54, 1.807) is 4.68 Å². The summed E-state index contributed by atoms with van der Waals surface area (Å²) in [6.45, 7) is 2.57. The van der Waals surface area contributed by atoms with Crippen LogP contribution in [-0.4, -0.2) is 26.1 Å². The van der Waals surface area contributed by atoms with Crippen molar-refractivity contribution in [1.29, 1.82) is 0 Å². The van der Waals surface area contributed by atoms with Crippen molar-refractivity contribution < 1.29 is 14.3 Å². The molecule has 18 heavy (non-hydrogen) atoms. The Morgan fingerprint density at radius 3 is 2.94 bits per heavy atom. The smallest absolute Gasteiger partial charge is 0.335 e. The monoisotopic (exact) mass is 249 g/mol. The van der Waals surface area contributed by atoms with Crippen molar-refractivity contribution in [2.75, 3.05) is 0 Å². The highest BCUT2D eigenvalue weighted by atomic mass is 19.1. The van der Waals surface area contributed by atoms with Crippen LogP contribution in [0, 0.1) is 5.82 Å². The van der Waals surface area contributed by atoms with E-state index in [0.29, 0.717) is 12.2 Å². The van der Waals surface area contributed by atoms with E-state index in [1.165, 1.54) is 18.3 Å². The van der Waals surface area contributed by atoms with Crippen LogP contribution in [0.5, 0.6) is 0 Å². The maximum absolute atomic E-state index is 13.8. The van der Waals surface area contributed by atoms with Crippen LogP contribution in [0.3, 0.4) is 0 Å². The van der Waals surface area contributed by atoms with Gasteiger partial charge in [-0.15, -0.1) is 5.10 Å². The van der Waals surface area contributed by atoms with Crippen LogP contribution in [0.2, 0.25) is 0 Å². The van der Waals surface area contributed by atoms with E-state index in [-0.39, 0.29) is 11.1 Å². The zero-order chi connectivity index (χ0) is 13.1. The zero-order valence-corrected chi connectivity index (χ0v) is 9.80. The summed E-state index contributed by atoms with van der Waals surface area (Å²) in [6.07, 6.45) is 2.26. The van der Waals surface area contributed by atoms with Crippen molar-refractivity contribution in [2.24, 2.45) is 0 Å². The predicted octanol–water partition coefficient (Wildman–Crippen LogP) is 2.19. The molecule has 6 heteroatoms. The van der Waals surface area contributed by atoms with E-state index in [1.807, 2.05) is 6.92 Å². The SMILES string of the molecule is CCCn1nncc1-c1cc(C(=O)O)ccc1F. The van der Waals surface area contributed by atoms with Gasteiger partial charge in [-0.05, 0) is 24.6 Å². The van der Waals surface area contributed by atoms with Gasteiger partial charge >= 0.3 is 5.97 Å². The predicted molar refractivity (Wildman–Crippen MR) is 62.7 cm³/mol. The lowest BCUT2D eigenvalue weighted by Crippen LogP contribution is -2.04. The molecule has 0 unspecified atom stereocenters. The first-order valence-electron chi connectivity index (χ1n) is 5.55. The molecule has 1 aromatic heterocycles. The third-order valence-corrected chi connectivity index (χ3v) is 2.54. The number of benzene rings is 1. The fourth-order valence-corrected chi connectivity index (χ4v) is 1.70. The lowest BCUT2D eigenvalue weighted by atomic mass is 10.1. The Balaban J connectivity index is 2.52. The van der Waals surface area contributed by atoms with Crippen molar-refractivity contribution >= 4 is 5.97 Å². The molecular formula is C12H12FN3O2. The fraction of sp³-hybridized carbons (Fsp3) is 0.250. The summed E-state index contributed by atoms with van der Waals surface area (Å²) in [7, 11) is 0. The highest BCUT2D eigenvalue weighted by Gasteiger charge is 2.14. The number of halogens is 1. The van der Waals surface area contributed by atoms with Gasteiger partial charge in [0, 0.05) is 12.1 Å². The molecule has 2 rings (SSSR count). The van der Waals surface area contributed by atoms with Gasteiger partial charge in [0.2, 0.25) is 0 Å². The van der Waals surface area contributed by atoms with Crippen LogP contribution in [-0.2, 0) is 6.54 Å². The molecule has 2 aromatic rings. The largest absolute Gasteiger partial charge is 0.478 e. The Morgan fingerprint density at radius 1 is 1.50 bits per heavy atom. The molecule has 0 saturated carbocycles. The molecule has 0 fully saturated rings. The quantitative estimate of drug-likeness (QED) is 0.901. The average Bonchev–Trinajstić information content (AvgIpc) is 2.78. The Labute approximate surface area is 103 Å². The van der Waals surface area contributed by atoms with Crippen LogP contribution in [0.15, 0.2) is 24.4 Å². The summed E-state index contributed by atoms with van der Waals surface area (Å²) in [5.74, 6) is -1.58. The first kappa shape index (κ1) is 12.2. The molecule has 1 heterocycles. The van der Waals surface area contributed by atoms with E-state index in [2.05, 4.69) is 10.3 Å². The lowest BCUT2D eigenvalue weighted by Gasteiger charge is -2.06. The highest BCUT2D eigenvalue weighted by molar-refractivity contribution is 5.89. The molecule has 0 saturated heterocycles. The summed E-state index contributed by atoms with van der Waals surface area (Å²) < 4.78 is 15.3. The molecule has 1 N–H and O–H groups in total. The van der Waals surface area contributed by atoms with Gasteiger partial charge < -0.3 is 5.11 Å². The van der Waals surface area contributed by atoms with Crippen molar-refractivity contribution in [1.82, 2.24) is 15.0 Å². The topological polar surface area (TPSA) is 68.0 Å². The molecule has 1 aromatic carbocycles. The number of carbonyl (C=O) groups is 1. The summed E-state index contributed by atoms with van der Waals surface area (Å²) >= 11 is 0. The van der Waals surface area contributed by atoms with E-state index in [4.69, 9.17) is 5.11 Å². The normalized spacial score (nSPS) is 10.6. The molecule has 0 bridgehead atoms. The summed E-state index contributed by atoms with van der Waals surface area (Å²) in [6, 6.07) is 3.67. The number of hydrogen-bond acceptors (Lipinski definition) is 3. The molecule has 0 atom stereocenters. The van der Waals surface area contributed by atoms with E-state index >= 15 is 0 Å². The standard InChI is InChI=1S/C12H12FN3O2/c1-2-5-16-11(7-14-15-16)9-6-8(12(17)18)3-4-10(9)13/h3-4,6-7H,2,5H2,1H3,(H,17,18). The second-order valence-corrected chi connectivity index (χ2v) is 3.84. The molecule has 0 amide bonds. The van der Waals surface area contributed by atoms with Crippen molar-refractivity contribution in [3.8, 4) is 11.3 Å². The van der Waals surface area contributed by atoms with Crippen molar-refractivity contribution in [2.45, 2.75) is 19.9 Å². The molecule has 0 aliphatic heterocycles. The van der Waals surface area contributed by atoms with Gasteiger partial charge in [0.1, 0.15) is 5.82 Å². The first-order valence-corrected chi connectivity index (χ1v) is 5.55. The second kappa shape index (κ2) is 4.95. The summed E-state index contributed by atoms with van der Waals surface area (Å²) in [4.78, 5) is 10.9. The number of carboxylic acid groups (broad SMARTS) is 1. The zero-order valence-electron chi connectivity index (χ0n) is 9.80. The van der Waals surface area contributed by atoms with Gasteiger partial charge in [0.25, 0.3) is 0 Å². The number of aromatic carboxylic acids is 1. The number of aromatic nitrogens is 3. The van der Waals surface area contributed by atoms with Crippen molar-refractivity contribution in [3.05, 3.63) is 35.8 Å². The summed E-state index contributed by atoms with van der Waals surface area (Å²) in [5.41, 5.74) is 0.724. The lowest BCUT2D eigenvalue weighted by molar-refractivity contribution is 0.0697. The fourth-order valence-electron chi connectivity index (χ4n) is 1.70. The minimum absolute atomic E-state index is 0.0376. The Morgan fingerprint density at radius 2 is 2.28 bits per heavy atom. The van der Waals surface area contributed by atoms with Crippen LogP contribution in [0.4, 0.5) is 4.39 Å². The third-order valence-electron chi connectivity index (χ3n) is 2.54. The van der Waals surface area contributed by atoms with Gasteiger partial charge in [-0.1, -0.05) is 12.1 Å². The van der Waals surface area contributed by atoms with Crippen molar-refractivity contribution in [3.63, 3.8) is 0 Å². The van der Waals surface area contributed by atoms with Gasteiger partial charge in [-0.25, -0.2) is 13.9 Å². The minimum atomic E-state index is -1.09. The highest BCUT2D eigenvalue weighted by Crippen LogP contribution is 2.23. The first-order chi connectivity index (χ1) is 8.63. The molecule has 0 radical (unpaired) electrons. The Bertz CT molecular complexity index is 580. The van der Waals surface area contributed by atoms with E-state index in [0.717, 1.165) is 12.5 Å². The number of hydrogen-bond donors (Lipinski definition) is 1. The minimum Gasteiger partial charge on any atom is -0.478 e. The van der Waals surface area contributed by atoms with E-state index in [9.17, 15) is 9.18 Å². The molecule has 5 nitrogen and oxygen atoms in total. The van der Waals surface area contributed by atoms with Gasteiger partial charge in [-0.3, -0.25) is 0 Å². The maximum Gasteiger partial charge on any atom is 0.335 e. The molecule has 0 spiro atoms. The second-order valence-electron chi connectivity index (χ2n) is 3.84. The number of nitrogens with zero attached hydrogens (tertiary/aromatic N) is 3. The average molecular weight is 249 g/mol. The third kappa shape index (κ3) is 2.22. The van der Waals surface area contributed by atoms with Gasteiger partial charge in [-0.2, -0.15) is 0 Å². The Kier molecular flexibility index (Phi) is 3.36. The Hall–Kier alpha value is -2.24. The van der Waals surface area contributed by atoms with Gasteiger partial charge in [0.05, 0.1) is 17.5 Å². The summed E-state index contributed by atoms with van der Waals surface area (Å²) in [5, 5.41) is 16.5. The van der Waals surface area contributed by atoms with Crippen LogP contribution < -0.4 is 0 Å². The number of rotatable bonds is 4. The van der Waals surface area contributed by atoms with Gasteiger partial charge in [0.15, 0.2) is 0 Å². The van der Waals surface area contributed by atoms with Crippen LogP contribution in [0.25, 0.3) is 11.3 Å². The molecule has 94 valence electrons. The van der Waals surface area contributed by atoms with Crippen LogP contribution in [0.1, 0.15) is 23.7 Å². The van der Waals surface area contributed by atoms with Crippen LogP contribution >= 0.6 is 0 Å². The molecule has 0 aliphatic rings. The van der Waals surface area contributed by atoms with E-state index < -0.39 is 11.8 Å². The molecular weight excluding hydrogens is 237 g/mol. The molecule has 0 aliphatic carbocycles. The number of carboxylic acids is 1. The maximum atomic E-state index is 13.8. The number of aryl methyl sites for hydroxylation is 1.